The Morgan fingerprint density at radius 3 is 2.78 bits per heavy atom. The molecule has 3 nitrogen and oxygen atoms in total. The normalized spacial score (nSPS) is 10.8. The van der Waals surface area contributed by atoms with Crippen molar-refractivity contribution in [1.82, 2.24) is 14.9 Å². The van der Waals surface area contributed by atoms with Crippen LogP contribution in [-0.2, 0) is 13.1 Å². The first kappa shape index (κ1) is 12.7. The molecule has 0 radical (unpaired) electrons. The monoisotopic (exact) mass is 251 g/mol. The fourth-order valence-electron chi connectivity index (χ4n) is 1.72. The van der Waals surface area contributed by atoms with Crippen molar-refractivity contribution in [1.29, 1.82) is 0 Å². The van der Waals surface area contributed by atoms with Gasteiger partial charge in [-0.15, -0.1) is 0 Å². The van der Waals surface area contributed by atoms with E-state index in [0.717, 1.165) is 30.5 Å². The Morgan fingerprint density at radius 2 is 2.11 bits per heavy atom. The van der Waals surface area contributed by atoms with Crippen molar-refractivity contribution in [3.8, 4) is 0 Å². The van der Waals surface area contributed by atoms with Crippen LogP contribution in [0.25, 0.3) is 0 Å². The van der Waals surface area contributed by atoms with Gasteiger partial charge in [0.15, 0.2) is 11.6 Å². The molecule has 1 N–H and O–H groups in total. The van der Waals surface area contributed by atoms with Crippen LogP contribution in [0.15, 0.2) is 30.6 Å². The smallest absolute Gasteiger partial charge is 0.159 e. The predicted octanol–water partition coefficient (Wildman–Crippen LogP) is 2.26. The molecular formula is C13H15F2N3. The lowest BCUT2D eigenvalue weighted by atomic mass is 10.2. The van der Waals surface area contributed by atoms with Crippen molar-refractivity contribution < 1.29 is 8.78 Å². The molecular weight excluding hydrogens is 236 g/mol. The number of aryl methyl sites for hydroxylation is 1. The summed E-state index contributed by atoms with van der Waals surface area (Å²) in [7, 11) is 0. The molecule has 1 aromatic heterocycles. The molecule has 96 valence electrons. The fraction of sp³-hybridized carbons (Fsp3) is 0.308. The van der Waals surface area contributed by atoms with E-state index in [0.29, 0.717) is 6.54 Å². The Balaban J connectivity index is 1.78. The van der Waals surface area contributed by atoms with Gasteiger partial charge in [0.1, 0.15) is 5.82 Å². The first-order chi connectivity index (χ1) is 8.66. The number of hydrogen-bond acceptors (Lipinski definition) is 2. The third-order valence-corrected chi connectivity index (χ3v) is 2.77. The van der Waals surface area contributed by atoms with E-state index in [-0.39, 0.29) is 0 Å². The Morgan fingerprint density at radius 1 is 1.28 bits per heavy atom. The molecule has 2 aromatic rings. The summed E-state index contributed by atoms with van der Waals surface area (Å²) in [5.74, 6) is -0.655. The van der Waals surface area contributed by atoms with Crippen LogP contribution in [0.1, 0.15) is 11.4 Å². The van der Waals surface area contributed by atoms with Crippen LogP contribution in [0, 0.1) is 18.6 Å². The quantitative estimate of drug-likeness (QED) is 0.826. The van der Waals surface area contributed by atoms with Crippen molar-refractivity contribution in [2.24, 2.45) is 0 Å². The Kier molecular flexibility index (Phi) is 4.04. The van der Waals surface area contributed by atoms with Gasteiger partial charge in [-0.3, -0.25) is 0 Å². The summed E-state index contributed by atoms with van der Waals surface area (Å²) < 4.78 is 27.7. The molecule has 2 rings (SSSR count). The summed E-state index contributed by atoms with van der Waals surface area (Å²) >= 11 is 0. The molecule has 0 saturated heterocycles. The number of rotatable bonds is 5. The van der Waals surface area contributed by atoms with Gasteiger partial charge in [0, 0.05) is 32.0 Å². The van der Waals surface area contributed by atoms with E-state index < -0.39 is 11.6 Å². The molecule has 0 fully saturated rings. The SMILES string of the molecule is Cc1nccn1CCNCc1ccc(F)c(F)c1. The van der Waals surface area contributed by atoms with Crippen LogP contribution < -0.4 is 5.32 Å². The minimum atomic E-state index is -0.812. The molecule has 18 heavy (non-hydrogen) atoms. The number of halogens is 2. The van der Waals surface area contributed by atoms with Gasteiger partial charge in [-0.1, -0.05) is 6.07 Å². The molecule has 0 bridgehead atoms. The second-order valence-corrected chi connectivity index (χ2v) is 4.09. The van der Waals surface area contributed by atoms with E-state index in [9.17, 15) is 8.78 Å². The number of benzene rings is 1. The number of hydrogen-bond donors (Lipinski definition) is 1. The summed E-state index contributed by atoms with van der Waals surface area (Å²) in [5.41, 5.74) is 0.733. The summed E-state index contributed by atoms with van der Waals surface area (Å²) in [6.45, 7) is 4.01. The number of imidazole rings is 1. The molecule has 1 aromatic carbocycles. The third kappa shape index (κ3) is 3.13. The van der Waals surface area contributed by atoms with Crippen LogP contribution in [0.4, 0.5) is 8.78 Å². The maximum absolute atomic E-state index is 12.9. The summed E-state index contributed by atoms with van der Waals surface area (Å²) in [6.07, 6.45) is 3.67. The van der Waals surface area contributed by atoms with Gasteiger partial charge in [0.25, 0.3) is 0 Å². The standard InChI is InChI=1S/C13H15F2N3/c1-10-17-5-7-18(10)6-4-16-9-11-2-3-12(14)13(15)8-11/h2-3,5,7-8,16H,4,6,9H2,1H3. The third-order valence-electron chi connectivity index (χ3n) is 2.77. The highest BCUT2D eigenvalue weighted by Crippen LogP contribution is 2.08. The first-order valence-corrected chi connectivity index (χ1v) is 5.79. The maximum atomic E-state index is 12.9. The molecule has 0 aliphatic carbocycles. The lowest BCUT2D eigenvalue weighted by molar-refractivity contribution is 0.505. The van der Waals surface area contributed by atoms with Gasteiger partial charge in [0.2, 0.25) is 0 Å². The molecule has 0 atom stereocenters. The van der Waals surface area contributed by atoms with Gasteiger partial charge in [-0.2, -0.15) is 0 Å². The highest BCUT2D eigenvalue weighted by Gasteiger charge is 2.02. The van der Waals surface area contributed by atoms with Crippen molar-refractivity contribution in [2.45, 2.75) is 20.0 Å². The van der Waals surface area contributed by atoms with E-state index in [1.165, 1.54) is 6.07 Å². The molecule has 0 aliphatic heterocycles. The van der Waals surface area contributed by atoms with E-state index in [1.807, 2.05) is 17.7 Å². The number of nitrogens with one attached hydrogen (secondary N) is 1. The van der Waals surface area contributed by atoms with E-state index in [1.54, 1.807) is 12.3 Å². The van der Waals surface area contributed by atoms with Crippen LogP contribution in [-0.4, -0.2) is 16.1 Å². The van der Waals surface area contributed by atoms with Gasteiger partial charge in [-0.05, 0) is 24.6 Å². The highest BCUT2D eigenvalue weighted by atomic mass is 19.2. The zero-order chi connectivity index (χ0) is 13.0. The van der Waals surface area contributed by atoms with Crippen LogP contribution in [0.2, 0.25) is 0 Å². The number of nitrogens with zero attached hydrogens (tertiary/aromatic N) is 2. The first-order valence-electron chi connectivity index (χ1n) is 5.79. The number of aromatic nitrogens is 2. The van der Waals surface area contributed by atoms with E-state index in [2.05, 4.69) is 10.3 Å². The Hall–Kier alpha value is -1.75. The predicted molar refractivity (Wildman–Crippen MR) is 65.0 cm³/mol. The molecule has 0 spiro atoms. The van der Waals surface area contributed by atoms with Crippen molar-refractivity contribution in [2.75, 3.05) is 6.54 Å². The molecule has 1 heterocycles. The second-order valence-electron chi connectivity index (χ2n) is 4.09. The van der Waals surface area contributed by atoms with Gasteiger partial charge >= 0.3 is 0 Å². The highest BCUT2D eigenvalue weighted by molar-refractivity contribution is 5.17. The lowest BCUT2D eigenvalue weighted by Gasteiger charge is -2.07. The minimum absolute atomic E-state index is 0.519. The van der Waals surface area contributed by atoms with Gasteiger partial charge < -0.3 is 9.88 Å². The zero-order valence-electron chi connectivity index (χ0n) is 10.2. The maximum Gasteiger partial charge on any atom is 0.159 e. The fourth-order valence-corrected chi connectivity index (χ4v) is 1.72. The van der Waals surface area contributed by atoms with E-state index in [4.69, 9.17) is 0 Å². The van der Waals surface area contributed by atoms with E-state index >= 15 is 0 Å². The van der Waals surface area contributed by atoms with Gasteiger partial charge in [-0.25, -0.2) is 13.8 Å². The lowest BCUT2D eigenvalue weighted by Crippen LogP contribution is -2.19. The van der Waals surface area contributed by atoms with Gasteiger partial charge in [0.05, 0.1) is 0 Å². The topological polar surface area (TPSA) is 29.9 Å². The van der Waals surface area contributed by atoms with Crippen molar-refractivity contribution in [3.05, 3.63) is 53.6 Å². The minimum Gasteiger partial charge on any atom is -0.334 e. The zero-order valence-corrected chi connectivity index (χ0v) is 10.2. The Bertz CT molecular complexity index is 523. The average Bonchev–Trinajstić information content (AvgIpc) is 2.75. The van der Waals surface area contributed by atoms with Crippen molar-refractivity contribution >= 4 is 0 Å². The average molecular weight is 251 g/mol. The Labute approximate surface area is 104 Å². The second kappa shape index (κ2) is 5.73. The summed E-state index contributed by atoms with van der Waals surface area (Å²) in [5, 5.41) is 3.18. The van der Waals surface area contributed by atoms with Crippen LogP contribution in [0.3, 0.4) is 0 Å². The summed E-state index contributed by atoms with van der Waals surface area (Å²) in [6, 6.07) is 3.94. The molecule has 0 saturated carbocycles. The van der Waals surface area contributed by atoms with Crippen LogP contribution in [0.5, 0.6) is 0 Å². The molecule has 5 heteroatoms. The largest absolute Gasteiger partial charge is 0.334 e. The van der Waals surface area contributed by atoms with Crippen molar-refractivity contribution in [3.63, 3.8) is 0 Å². The molecule has 0 unspecified atom stereocenters. The molecule has 0 amide bonds. The summed E-state index contributed by atoms with van der Waals surface area (Å²) in [4.78, 5) is 4.12. The van der Waals surface area contributed by atoms with Crippen LogP contribution >= 0.6 is 0 Å². The molecule has 0 aliphatic rings.